The Bertz CT molecular complexity index is 2580. The first kappa shape index (κ1) is 109. The highest BCUT2D eigenvalue weighted by Crippen LogP contribution is 2.45. The van der Waals surface area contributed by atoms with Crippen LogP contribution in [0.25, 0.3) is 0 Å². The molecule has 0 aromatic heterocycles. The van der Waals surface area contributed by atoms with Crippen LogP contribution < -0.4 is 0 Å². The van der Waals surface area contributed by atoms with Gasteiger partial charge in [-0.2, -0.15) is 0 Å². The number of hydrogen-bond acceptors (Lipinski definition) is 14. The predicted octanol–water partition coefficient (Wildman–Crippen LogP) is 27.8. The van der Waals surface area contributed by atoms with Gasteiger partial charge in [0.05, 0.1) is 26.4 Å². The zero-order chi connectivity index (χ0) is 82.2. The van der Waals surface area contributed by atoms with Crippen molar-refractivity contribution in [3.63, 3.8) is 0 Å². The Morgan fingerprint density at radius 2 is 0.469 bits per heavy atom. The summed E-state index contributed by atoms with van der Waals surface area (Å²) in [5.74, 6) is -1.56. The van der Waals surface area contributed by atoms with Crippen molar-refractivity contribution in [1.82, 2.24) is 0 Å². The molecule has 0 aliphatic rings. The third-order valence-corrected chi connectivity index (χ3v) is 21.3. The van der Waals surface area contributed by atoms with E-state index in [4.69, 9.17) is 32.3 Å². The molecule has 113 heavy (non-hydrogen) atoms. The van der Waals surface area contributed by atoms with Gasteiger partial charge in [0, 0.05) is 19.3 Å². The molecule has 0 aromatic carbocycles. The van der Waals surface area contributed by atoms with Crippen LogP contribution in [0.4, 0.5) is 0 Å². The number of hydrogen-bond donors (Lipinski definition) is 4. The SMILES string of the molecule is CC/C=C\C/C=C\C/C=C\C/C=C\C/C=C\C/C=C\CCCCCCCCCCCCCCC(=O)OCC(COP(=O)(O)OCC(O)COP(=O)(O)OCC(O)COC(=O)CCCCCCCCCCCCCCCCCCC/C=C\C/C=C\C/C=C\C/C=C\C/C=C\CC)OC(=O)CCCCCCCCCCCCCCC. The van der Waals surface area contributed by atoms with Crippen LogP contribution in [0.2, 0.25) is 0 Å². The van der Waals surface area contributed by atoms with Gasteiger partial charge in [0.2, 0.25) is 0 Å². The number of allylic oxidation sites excluding steroid dienone is 22. The molecule has 0 spiro atoms. The molecule has 5 atom stereocenters. The maximum atomic E-state index is 13.0. The molecule has 652 valence electrons. The molecule has 18 heteroatoms. The average Bonchev–Trinajstić information content (AvgIpc) is 0.887. The van der Waals surface area contributed by atoms with Crippen LogP contribution in [0.1, 0.15) is 393 Å². The van der Waals surface area contributed by atoms with E-state index in [1.165, 1.54) is 186 Å². The smallest absolute Gasteiger partial charge is 0.463 e. The maximum absolute atomic E-state index is 13.0. The number of unbranched alkanes of at least 4 members (excludes halogenated alkanes) is 41. The van der Waals surface area contributed by atoms with Crippen molar-refractivity contribution in [2.45, 2.75) is 411 Å². The molecule has 0 heterocycles. The third-order valence-electron chi connectivity index (χ3n) is 19.4. The van der Waals surface area contributed by atoms with Crippen LogP contribution in [0.3, 0.4) is 0 Å². The molecule has 0 saturated heterocycles. The van der Waals surface area contributed by atoms with Crippen LogP contribution in [0.5, 0.6) is 0 Å². The van der Waals surface area contributed by atoms with E-state index in [1.807, 2.05) is 0 Å². The quantitative estimate of drug-likeness (QED) is 0.0146. The lowest BCUT2D eigenvalue weighted by Gasteiger charge is -2.21. The Morgan fingerprint density at radius 3 is 0.743 bits per heavy atom. The van der Waals surface area contributed by atoms with Gasteiger partial charge in [-0.25, -0.2) is 9.13 Å². The highest BCUT2D eigenvalue weighted by Gasteiger charge is 2.29. The van der Waals surface area contributed by atoms with Gasteiger partial charge in [0.15, 0.2) is 6.10 Å². The zero-order valence-electron chi connectivity index (χ0n) is 71.8. The molecule has 16 nitrogen and oxygen atoms in total. The van der Waals surface area contributed by atoms with Gasteiger partial charge in [0.25, 0.3) is 0 Å². The lowest BCUT2D eigenvalue weighted by atomic mass is 10.0. The summed E-state index contributed by atoms with van der Waals surface area (Å²) in [6.07, 6.45) is 108. The van der Waals surface area contributed by atoms with E-state index in [1.54, 1.807) is 0 Å². The van der Waals surface area contributed by atoms with Gasteiger partial charge < -0.3 is 34.2 Å². The summed E-state index contributed by atoms with van der Waals surface area (Å²) < 4.78 is 61.4. The molecule has 0 amide bonds. The standard InChI is InChI=1S/C95H166O16P2/c1-4-7-10-13-16-19-22-25-27-29-31-33-35-37-39-41-43-44-46-48-49-51-53-55-57-59-61-64-66-69-72-75-78-81-93(98)105-84-90(96)85-107-112(101,102)108-86-91(97)87-109-113(103,104)110-89-92(111-95(100)83-80-77-74-71-68-63-24-21-18-15-12-9-6-3)88-106-94(99)82-79-76-73-70-67-65-62-60-58-56-54-52-50-47-45-42-40-38-36-34-32-30-28-26-23-20-17-14-11-8-5-2/h7-8,10-11,16-17,19-20,25-28,31-34,37-40,45,47,90-92,96-97H,4-6,9,12-15,18,21-24,29-30,35-36,41-44,46,48-89H2,1-3H3,(H,101,102)(H,103,104)/b10-7-,11-8-,19-16-,20-17-,27-25-,28-26-,33-31-,34-32-,39-37-,40-38-,47-45-. The van der Waals surface area contributed by atoms with Crippen molar-refractivity contribution in [2.75, 3.05) is 39.6 Å². The number of carbonyl (C=O) groups is 3. The summed E-state index contributed by atoms with van der Waals surface area (Å²) in [6.45, 7) is 2.51. The summed E-state index contributed by atoms with van der Waals surface area (Å²) in [5, 5.41) is 20.7. The first-order valence-electron chi connectivity index (χ1n) is 45.5. The first-order valence-corrected chi connectivity index (χ1v) is 48.5. The van der Waals surface area contributed by atoms with Crippen LogP contribution >= 0.6 is 15.6 Å². The summed E-state index contributed by atoms with van der Waals surface area (Å²) in [4.78, 5) is 58.8. The van der Waals surface area contributed by atoms with E-state index in [-0.39, 0.29) is 19.3 Å². The fourth-order valence-corrected chi connectivity index (χ4v) is 14.1. The second-order valence-corrected chi connectivity index (χ2v) is 33.3. The second-order valence-electron chi connectivity index (χ2n) is 30.4. The van der Waals surface area contributed by atoms with E-state index in [0.717, 1.165) is 148 Å². The molecule has 0 aliphatic carbocycles. The summed E-state index contributed by atoms with van der Waals surface area (Å²) in [6, 6.07) is 0. The molecule has 0 rings (SSSR count). The molecule has 0 aliphatic heterocycles. The number of aliphatic hydroxyl groups excluding tert-OH is 2. The van der Waals surface area contributed by atoms with Crippen LogP contribution in [0.15, 0.2) is 134 Å². The van der Waals surface area contributed by atoms with E-state index in [0.29, 0.717) is 19.3 Å². The molecule has 0 aromatic rings. The first-order chi connectivity index (χ1) is 55.2. The van der Waals surface area contributed by atoms with Gasteiger partial charge in [-0.1, -0.05) is 392 Å². The van der Waals surface area contributed by atoms with Gasteiger partial charge in [-0.15, -0.1) is 0 Å². The fraction of sp³-hybridized carbons (Fsp3) is 0.737. The van der Waals surface area contributed by atoms with Crippen molar-refractivity contribution in [3.05, 3.63) is 134 Å². The molecule has 0 radical (unpaired) electrons. The fourth-order valence-electron chi connectivity index (χ4n) is 12.5. The molecule has 4 N–H and O–H groups in total. The highest BCUT2D eigenvalue weighted by atomic mass is 31.2. The van der Waals surface area contributed by atoms with Crippen molar-refractivity contribution < 1.29 is 75.8 Å². The molecular formula is C95H166O16P2. The van der Waals surface area contributed by atoms with Crippen LogP contribution in [-0.2, 0) is 55.8 Å². The Hall–Kier alpha value is -4.31. The molecule has 5 unspecified atom stereocenters. The van der Waals surface area contributed by atoms with Crippen molar-refractivity contribution in [2.24, 2.45) is 0 Å². The third kappa shape index (κ3) is 88.3. The summed E-state index contributed by atoms with van der Waals surface area (Å²) in [5.41, 5.74) is 0. The Kier molecular flexibility index (Phi) is 83.7. The van der Waals surface area contributed by atoms with E-state index >= 15 is 0 Å². The number of carbonyl (C=O) groups excluding carboxylic acids is 3. The van der Waals surface area contributed by atoms with E-state index in [2.05, 4.69) is 154 Å². The Morgan fingerprint density at radius 1 is 0.257 bits per heavy atom. The van der Waals surface area contributed by atoms with Crippen molar-refractivity contribution in [1.29, 1.82) is 0 Å². The highest BCUT2D eigenvalue weighted by molar-refractivity contribution is 7.47. The Balaban J connectivity index is 4.40. The summed E-state index contributed by atoms with van der Waals surface area (Å²) >= 11 is 0. The monoisotopic (exact) mass is 1630 g/mol. The van der Waals surface area contributed by atoms with E-state index < -0.39 is 91.5 Å². The molecule has 0 fully saturated rings. The number of phosphoric acid groups is 2. The topological polar surface area (TPSA) is 231 Å². The molecule has 0 saturated carbocycles. The average molecular weight is 1630 g/mol. The number of rotatable bonds is 86. The Labute approximate surface area is 690 Å². The minimum atomic E-state index is -4.93. The predicted molar refractivity (Wildman–Crippen MR) is 473 cm³/mol. The van der Waals surface area contributed by atoms with Gasteiger partial charge in [0.1, 0.15) is 25.4 Å². The summed E-state index contributed by atoms with van der Waals surface area (Å²) in [7, 11) is -9.79. The van der Waals surface area contributed by atoms with Gasteiger partial charge in [-0.05, 0) is 116 Å². The second kappa shape index (κ2) is 87.0. The molecule has 0 bridgehead atoms. The van der Waals surface area contributed by atoms with Crippen molar-refractivity contribution in [3.8, 4) is 0 Å². The maximum Gasteiger partial charge on any atom is 0.472 e. The number of aliphatic hydroxyl groups is 2. The van der Waals surface area contributed by atoms with Crippen LogP contribution in [-0.4, -0.2) is 95.9 Å². The number of ether oxygens (including phenoxy) is 3. The van der Waals surface area contributed by atoms with Gasteiger partial charge >= 0.3 is 33.6 Å². The molecular weight excluding hydrogens is 1460 g/mol. The lowest BCUT2D eigenvalue weighted by molar-refractivity contribution is -0.161. The van der Waals surface area contributed by atoms with Crippen LogP contribution in [0, 0.1) is 0 Å². The zero-order valence-corrected chi connectivity index (χ0v) is 73.6. The lowest BCUT2D eigenvalue weighted by Crippen LogP contribution is -2.30. The van der Waals surface area contributed by atoms with E-state index in [9.17, 15) is 43.5 Å². The number of phosphoric ester groups is 2. The largest absolute Gasteiger partial charge is 0.472 e. The van der Waals surface area contributed by atoms with Crippen molar-refractivity contribution >= 4 is 33.6 Å². The number of esters is 3. The minimum Gasteiger partial charge on any atom is -0.463 e. The van der Waals surface area contributed by atoms with Gasteiger partial charge in [-0.3, -0.25) is 32.5 Å². The normalized spacial score (nSPS) is 14.4. The minimum absolute atomic E-state index is 0.107.